The summed E-state index contributed by atoms with van der Waals surface area (Å²) < 4.78 is 1.16. The minimum Gasteiger partial charge on any atom is -0.355 e. The first-order chi connectivity index (χ1) is 19.0. The van der Waals surface area contributed by atoms with Crippen LogP contribution in [0.3, 0.4) is 0 Å². The summed E-state index contributed by atoms with van der Waals surface area (Å²) in [5, 5.41) is 8.23. The Kier molecular flexibility index (Phi) is 6.17. The molecule has 39 heavy (non-hydrogen) atoms. The molecule has 1 saturated heterocycles. The van der Waals surface area contributed by atoms with Crippen LogP contribution in [0.25, 0.3) is 26.8 Å². The molecular weight excluding hydrogens is 506 g/mol. The fourth-order valence-corrected chi connectivity index (χ4v) is 7.14. The number of pyridine rings is 1. The quantitative estimate of drug-likeness (QED) is 0.319. The van der Waals surface area contributed by atoms with Gasteiger partial charge in [0, 0.05) is 67.8 Å². The zero-order valence-electron chi connectivity index (χ0n) is 22.5. The minimum atomic E-state index is -0.171. The maximum atomic E-state index is 13.6. The highest BCUT2D eigenvalue weighted by molar-refractivity contribution is 7.16. The standard InChI is InChI=1S/C30H35N7OS/c1-19-15-36(16-20(2)33-19)17-30(8-9-30)29(38)37-11-6-21(7-12-37)26-14-23-24(5-10-31-28(23)35-26)34-22-3-4-25-27(13-22)39-18-32-25/h3-6,10,13-14,18-20,33H,7-9,11-12,15-17H2,1-2H3,(H2,31,34,35). The van der Waals surface area contributed by atoms with Crippen molar-refractivity contribution in [2.24, 2.45) is 5.41 Å². The second kappa shape index (κ2) is 9.73. The van der Waals surface area contributed by atoms with Gasteiger partial charge in [-0.1, -0.05) is 6.08 Å². The first-order valence-electron chi connectivity index (χ1n) is 14.0. The van der Waals surface area contributed by atoms with E-state index in [1.807, 2.05) is 23.8 Å². The van der Waals surface area contributed by atoms with Crippen molar-refractivity contribution in [1.82, 2.24) is 30.1 Å². The van der Waals surface area contributed by atoms with Gasteiger partial charge >= 0.3 is 0 Å². The van der Waals surface area contributed by atoms with Gasteiger partial charge in [0.25, 0.3) is 0 Å². The van der Waals surface area contributed by atoms with Gasteiger partial charge in [0.1, 0.15) is 5.65 Å². The van der Waals surface area contributed by atoms with Crippen LogP contribution in [0.1, 0.15) is 38.8 Å². The summed E-state index contributed by atoms with van der Waals surface area (Å²) in [6.45, 7) is 8.86. The molecule has 8 nitrogen and oxygen atoms in total. The minimum absolute atomic E-state index is 0.171. The molecule has 2 fully saturated rings. The number of carbonyl (C=O) groups excluding carboxylic acids is 1. The van der Waals surface area contributed by atoms with E-state index in [2.05, 4.69) is 73.5 Å². The molecule has 1 saturated carbocycles. The highest BCUT2D eigenvalue weighted by Gasteiger charge is 2.52. The number of anilines is 2. The Balaban J connectivity index is 1.05. The van der Waals surface area contributed by atoms with Gasteiger partial charge in [-0.25, -0.2) is 9.97 Å². The average Bonchev–Trinajstić information content (AvgIpc) is 3.33. The molecule has 0 spiro atoms. The van der Waals surface area contributed by atoms with Gasteiger partial charge in [-0.2, -0.15) is 0 Å². The van der Waals surface area contributed by atoms with Crippen molar-refractivity contribution in [3.8, 4) is 0 Å². The lowest BCUT2D eigenvalue weighted by atomic mass is 9.99. The van der Waals surface area contributed by atoms with Crippen molar-refractivity contribution >= 4 is 55.4 Å². The van der Waals surface area contributed by atoms with Gasteiger partial charge in [-0.3, -0.25) is 9.69 Å². The molecule has 3 aliphatic rings. The molecule has 3 N–H and O–H groups in total. The number of H-pyrrole nitrogens is 1. The number of nitrogens with zero attached hydrogens (tertiary/aromatic N) is 4. The predicted octanol–water partition coefficient (Wildman–Crippen LogP) is 4.99. The second-order valence-corrected chi connectivity index (χ2v) is 12.5. The summed E-state index contributed by atoms with van der Waals surface area (Å²) in [4.78, 5) is 30.7. The average molecular weight is 542 g/mol. The van der Waals surface area contributed by atoms with Gasteiger partial charge in [0.15, 0.2) is 0 Å². The van der Waals surface area contributed by atoms with E-state index >= 15 is 0 Å². The summed E-state index contributed by atoms with van der Waals surface area (Å²) in [5.74, 6) is 0.347. The normalized spacial score (nSPS) is 23.2. The van der Waals surface area contributed by atoms with Crippen LogP contribution < -0.4 is 10.6 Å². The number of aromatic nitrogens is 3. The molecule has 0 radical (unpaired) electrons. The van der Waals surface area contributed by atoms with E-state index in [0.29, 0.717) is 24.5 Å². The molecule has 1 aliphatic carbocycles. The number of fused-ring (bicyclic) bond motifs is 2. The van der Waals surface area contributed by atoms with E-state index in [4.69, 9.17) is 0 Å². The highest BCUT2D eigenvalue weighted by Crippen LogP contribution is 2.48. The molecule has 202 valence electrons. The van der Waals surface area contributed by atoms with Crippen molar-refractivity contribution < 1.29 is 4.79 Å². The first-order valence-corrected chi connectivity index (χ1v) is 14.9. The summed E-state index contributed by atoms with van der Waals surface area (Å²) in [6.07, 6.45) is 6.94. The van der Waals surface area contributed by atoms with Crippen LogP contribution in [0.15, 0.2) is 48.1 Å². The lowest BCUT2D eigenvalue weighted by molar-refractivity contribution is -0.137. The molecule has 0 bridgehead atoms. The van der Waals surface area contributed by atoms with Crippen LogP contribution in [0.5, 0.6) is 0 Å². The number of carbonyl (C=O) groups is 1. The number of piperazine rings is 1. The Morgan fingerprint density at radius 1 is 1.15 bits per heavy atom. The van der Waals surface area contributed by atoms with Crippen LogP contribution in [0, 0.1) is 5.41 Å². The fraction of sp³-hybridized carbons (Fsp3) is 0.433. The zero-order chi connectivity index (χ0) is 26.6. The second-order valence-electron chi connectivity index (χ2n) is 11.6. The summed E-state index contributed by atoms with van der Waals surface area (Å²) in [7, 11) is 0. The number of rotatable bonds is 6. The first kappa shape index (κ1) is 24.7. The van der Waals surface area contributed by atoms with Crippen molar-refractivity contribution in [3.63, 3.8) is 0 Å². The zero-order valence-corrected chi connectivity index (χ0v) is 23.4. The van der Waals surface area contributed by atoms with Gasteiger partial charge < -0.3 is 20.5 Å². The van der Waals surface area contributed by atoms with Gasteiger partial charge in [-0.05, 0) is 69.0 Å². The fourth-order valence-electron chi connectivity index (χ4n) is 6.42. The number of aromatic amines is 1. The van der Waals surface area contributed by atoms with Gasteiger partial charge in [-0.15, -0.1) is 11.3 Å². The number of thiazole rings is 1. The van der Waals surface area contributed by atoms with Crippen LogP contribution >= 0.6 is 11.3 Å². The molecule has 7 rings (SSSR count). The van der Waals surface area contributed by atoms with Gasteiger partial charge in [0.05, 0.1) is 26.8 Å². The van der Waals surface area contributed by atoms with E-state index in [0.717, 1.165) is 83.8 Å². The van der Waals surface area contributed by atoms with Crippen LogP contribution in [0.2, 0.25) is 0 Å². The van der Waals surface area contributed by atoms with E-state index in [9.17, 15) is 4.79 Å². The number of benzene rings is 1. The van der Waals surface area contributed by atoms with E-state index < -0.39 is 0 Å². The highest BCUT2D eigenvalue weighted by atomic mass is 32.1. The van der Waals surface area contributed by atoms with E-state index in [-0.39, 0.29) is 5.41 Å². The van der Waals surface area contributed by atoms with Crippen LogP contribution in [-0.2, 0) is 4.79 Å². The Hall–Kier alpha value is -3.27. The Bertz CT molecular complexity index is 1560. The predicted molar refractivity (Wildman–Crippen MR) is 158 cm³/mol. The molecule has 1 aromatic carbocycles. The van der Waals surface area contributed by atoms with Crippen molar-refractivity contribution in [2.75, 3.05) is 38.0 Å². The lowest BCUT2D eigenvalue weighted by Crippen LogP contribution is -2.56. The molecule has 4 aromatic rings. The molecule has 2 aliphatic heterocycles. The third-order valence-electron chi connectivity index (χ3n) is 8.45. The van der Waals surface area contributed by atoms with E-state index in [1.54, 1.807) is 11.3 Å². The van der Waals surface area contributed by atoms with Crippen molar-refractivity contribution in [2.45, 2.75) is 45.2 Å². The topological polar surface area (TPSA) is 89.2 Å². The summed E-state index contributed by atoms with van der Waals surface area (Å²) >= 11 is 1.64. The number of hydrogen-bond acceptors (Lipinski definition) is 7. The van der Waals surface area contributed by atoms with E-state index in [1.165, 1.54) is 5.57 Å². The number of hydrogen-bond donors (Lipinski definition) is 3. The summed E-state index contributed by atoms with van der Waals surface area (Å²) in [5.41, 5.74) is 7.98. The molecule has 9 heteroatoms. The SMILES string of the molecule is CC1CN(CC2(C(=O)N3CC=C(c4cc5c(Nc6ccc7ncsc7c6)ccnc5[nH]4)CC3)CC2)CC(C)N1. The van der Waals surface area contributed by atoms with Gasteiger partial charge in [0.2, 0.25) is 5.91 Å². The maximum Gasteiger partial charge on any atom is 0.230 e. The molecule has 3 aromatic heterocycles. The Morgan fingerprint density at radius 2 is 2.00 bits per heavy atom. The van der Waals surface area contributed by atoms with Crippen molar-refractivity contribution in [3.05, 3.63) is 53.8 Å². The molecule has 2 atom stereocenters. The summed E-state index contributed by atoms with van der Waals surface area (Å²) in [6, 6.07) is 11.4. The maximum absolute atomic E-state index is 13.6. The Morgan fingerprint density at radius 3 is 2.77 bits per heavy atom. The number of nitrogens with one attached hydrogen (secondary N) is 3. The number of amides is 1. The van der Waals surface area contributed by atoms with Crippen LogP contribution in [-0.4, -0.2) is 75.5 Å². The largest absolute Gasteiger partial charge is 0.355 e. The van der Waals surface area contributed by atoms with Crippen molar-refractivity contribution in [1.29, 1.82) is 0 Å². The smallest absolute Gasteiger partial charge is 0.230 e. The third-order valence-corrected chi connectivity index (χ3v) is 9.24. The molecule has 1 amide bonds. The monoisotopic (exact) mass is 541 g/mol. The lowest BCUT2D eigenvalue weighted by Gasteiger charge is -2.39. The molecule has 2 unspecified atom stereocenters. The Labute approximate surface area is 232 Å². The third kappa shape index (κ3) is 4.83. The molecular formula is C30H35N7OS. The molecule has 5 heterocycles. The van der Waals surface area contributed by atoms with Crippen LogP contribution in [0.4, 0.5) is 11.4 Å².